The maximum Gasteiger partial charge on any atom is 0.219 e. The fourth-order valence-corrected chi connectivity index (χ4v) is 6.50. The highest BCUT2D eigenvalue weighted by atomic mass is 35.5. The van der Waals surface area contributed by atoms with Crippen LogP contribution in [0.25, 0.3) is 33.2 Å². The highest BCUT2D eigenvalue weighted by Gasteiger charge is 2.19. The largest absolute Gasteiger partial charge is 0.395 e. The Hall–Kier alpha value is -4.44. The molecule has 1 aromatic heterocycles. The van der Waals surface area contributed by atoms with Gasteiger partial charge < -0.3 is 30.7 Å². The van der Waals surface area contributed by atoms with Crippen molar-refractivity contribution in [3.8, 4) is 11.4 Å². The Labute approximate surface area is 289 Å². The van der Waals surface area contributed by atoms with E-state index in [9.17, 15) is 15.0 Å². The third-order valence-corrected chi connectivity index (χ3v) is 9.29. The van der Waals surface area contributed by atoms with Gasteiger partial charge in [-0.25, -0.2) is 4.98 Å². The molecule has 0 aliphatic heterocycles. The Morgan fingerprint density at radius 3 is 2.35 bits per heavy atom. The Morgan fingerprint density at radius 2 is 1.62 bits per heavy atom. The maximum absolute atomic E-state index is 12.2. The molecule has 1 heterocycles. The summed E-state index contributed by atoms with van der Waals surface area (Å²) in [4.78, 5) is 19.3. The second kappa shape index (κ2) is 15.2. The minimum Gasteiger partial charge on any atom is -0.395 e. The summed E-state index contributed by atoms with van der Waals surface area (Å²) in [5.74, 6) is 0.383. The van der Waals surface area contributed by atoms with E-state index in [-0.39, 0.29) is 25.7 Å². The van der Waals surface area contributed by atoms with Gasteiger partial charge >= 0.3 is 0 Å². The van der Waals surface area contributed by atoms with E-state index in [0.717, 1.165) is 39.2 Å². The van der Waals surface area contributed by atoms with E-state index < -0.39 is 5.91 Å². The third kappa shape index (κ3) is 7.49. The molecule has 1 atom stereocenters. The van der Waals surface area contributed by atoms with Crippen molar-refractivity contribution < 1.29 is 15.0 Å². The highest BCUT2D eigenvalue weighted by molar-refractivity contribution is 6.42. The molecule has 8 nitrogen and oxygen atoms in total. The summed E-state index contributed by atoms with van der Waals surface area (Å²) < 4.78 is 2.22. The first-order valence-corrected chi connectivity index (χ1v) is 16.6. The van der Waals surface area contributed by atoms with Crippen molar-refractivity contribution in [2.45, 2.75) is 25.6 Å². The molecule has 0 aliphatic carbocycles. The van der Waals surface area contributed by atoms with Gasteiger partial charge in [0.25, 0.3) is 0 Å². The monoisotopic (exact) mass is 681 g/mol. The molecule has 0 spiro atoms. The Morgan fingerprint density at radius 1 is 0.875 bits per heavy atom. The number of nitrogens with one attached hydrogen (secondary N) is 1. The first kappa shape index (κ1) is 33.5. The summed E-state index contributed by atoms with van der Waals surface area (Å²) in [7, 11) is 0. The molecule has 48 heavy (non-hydrogen) atoms. The van der Waals surface area contributed by atoms with Crippen LogP contribution in [0.5, 0.6) is 0 Å². The van der Waals surface area contributed by atoms with Crippen LogP contribution in [0.2, 0.25) is 10.0 Å². The van der Waals surface area contributed by atoms with Crippen LogP contribution in [-0.4, -0.2) is 52.0 Å². The highest BCUT2D eigenvalue weighted by Crippen LogP contribution is 2.32. The van der Waals surface area contributed by atoms with Crippen LogP contribution < -0.4 is 16.0 Å². The number of hydrogen-bond donors (Lipinski definition) is 4. The standard InChI is InChI=1S/C38H37Cl2N5O3/c39-32-14-8-25(20-33(32)40)23-42-34(22-37(41)48)28-11-15-36-35(21-28)43-38(27-9-12-30(13-10-27)44(16-18-46)17-19-47)45(36)24-29-6-3-5-26-4-1-2-7-31(26)29/h1-15,20-21,34,42,46-47H,16-19,22-24H2,(H2,41,48). The van der Waals surface area contributed by atoms with Crippen LogP contribution in [0.1, 0.15) is 29.2 Å². The number of aliphatic hydroxyl groups is 2. The number of carbonyl (C=O) groups is 1. The van der Waals surface area contributed by atoms with Gasteiger partial charge in [-0.1, -0.05) is 77.8 Å². The number of rotatable bonds is 14. The van der Waals surface area contributed by atoms with Crippen molar-refractivity contribution in [3.05, 3.63) is 130 Å². The second-order valence-corrected chi connectivity index (χ2v) is 12.6. The molecule has 0 saturated heterocycles. The summed E-state index contributed by atoms with van der Waals surface area (Å²) in [5.41, 5.74) is 12.3. The Bertz CT molecular complexity index is 2040. The molecule has 0 fully saturated rings. The molecule has 0 saturated carbocycles. The number of aliphatic hydroxyl groups excluding tert-OH is 2. The van der Waals surface area contributed by atoms with Gasteiger partial charge in [-0.05, 0) is 76.0 Å². The fourth-order valence-electron chi connectivity index (χ4n) is 6.18. The zero-order valence-corrected chi connectivity index (χ0v) is 27.8. The first-order valence-electron chi connectivity index (χ1n) is 15.8. The number of imidazole rings is 1. The van der Waals surface area contributed by atoms with Crippen LogP contribution in [0.3, 0.4) is 0 Å². The number of nitrogens with two attached hydrogens (primary N) is 1. The minimum atomic E-state index is -0.416. The molecule has 1 amide bonds. The SMILES string of the molecule is NC(=O)CC(NCc1ccc(Cl)c(Cl)c1)c1ccc2c(c1)nc(-c1ccc(N(CCO)CCO)cc1)n2Cc1cccc2ccccc12. The molecule has 6 rings (SSSR count). The van der Waals surface area contributed by atoms with Gasteiger partial charge in [0.15, 0.2) is 0 Å². The lowest BCUT2D eigenvalue weighted by atomic mass is 10.0. The number of primary amides is 1. The number of hydrogen-bond acceptors (Lipinski definition) is 6. The molecule has 1 unspecified atom stereocenters. The van der Waals surface area contributed by atoms with Gasteiger partial charge in [-0.3, -0.25) is 4.79 Å². The summed E-state index contributed by atoms with van der Waals surface area (Å²) >= 11 is 12.3. The quantitative estimate of drug-likeness (QED) is 0.102. The Kier molecular flexibility index (Phi) is 10.6. The van der Waals surface area contributed by atoms with Crippen LogP contribution in [-0.2, 0) is 17.9 Å². The summed E-state index contributed by atoms with van der Waals surface area (Å²) in [6.45, 7) is 1.88. The molecule has 0 radical (unpaired) electrons. The molecular formula is C38H37Cl2N5O3. The summed E-state index contributed by atoms with van der Waals surface area (Å²) in [6.07, 6.45) is 0.107. The van der Waals surface area contributed by atoms with Crippen LogP contribution in [0.15, 0.2) is 103 Å². The van der Waals surface area contributed by atoms with Gasteiger partial charge in [0.1, 0.15) is 5.82 Å². The van der Waals surface area contributed by atoms with Crippen LogP contribution in [0.4, 0.5) is 5.69 Å². The predicted octanol–water partition coefficient (Wildman–Crippen LogP) is 6.71. The second-order valence-electron chi connectivity index (χ2n) is 11.7. The molecule has 5 N–H and O–H groups in total. The van der Waals surface area contributed by atoms with Gasteiger partial charge in [0, 0.05) is 43.3 Å². The third-order valence-electron chi connectivity index (χ3n) is 8.56. The van der Waals surface area contributed by atoms with Crippen LogP contribution >= 0.6 is 23.2 Å². The summed E-state index contributed by atoms with van der Waals surface area (Å²) in [6, 6.07) is 33.9. The fraction of sp³-hybridized carbons (Fsp3) is 0.211. The van der Waals surface area contributed by atoms with Gasteiger partial charge in [0.05, 0.1) is 40.8 Å². The van der Waals surface area contributed by atoms with E-state index >= 15 is 0 Å². The average Bonchev–Trinajstić information content (AvgIpc) is 3.45. The zero-order valence-electron chi connectivity index (χ0n) is 26.3. The van der Waals surface area contributed by atoms with Crippen molar-refractivity contribution in [1.82, 2.24) is 14.9 Å². The normalized spacial score (nSPS) is 12.1. The van der Waals surface area contributed by atoms with E-state index in [1.807, 2.05) is 53.4 Å². The maximum atomic E-state index is 12.2. The average molecular weight is 683 g/mol. The number of aromatic nitrogens is 2. The van der Waals surface area contributed by atoms with Gasteiger partial charge in [-0.2, -0.15) is 0 Å². The van der Waals surface area contributed by atoms with Crippen molar-refractivity contribution in [1.29, 1.82) is 0 Å². The number of carbonyl (C=O) groups excluding carboxylic acids is 1. The zero-order chi connectivity index (χ0) is 33.6. The molecule has 5 aromatic carbocycles. The first-order chi connectivity index (χ1) is 23.3. The van der Waals surface area contributed by atoms with Gasteiger partial charge in [0.2, 0.25) is 5.91 Å². The lowest BCUT2D eigenvalue weighted by molar-refractivity contribution is -0.118. The number of nitrogens with zero attached hydrogens (tertiary/aromatic N) is 3. The van der Waals surface area contributed by atoms with E-state index in [4.69, 9.17) is 33.9 Å². The molecule has 6 aromatic rings. The molecule has 246 valence electrons. The summed E-state index contributed by atoms with van der Waals surface area (Å²) in [5, 5.41) is 25.8. The van der Waals surface area contributed by atoms with E-state index in [0.29, 0.717) is 36.2 Å². The predicted molar refractivity (Wildman–Crippen MR) is 194 cm³/mol. The topological polar surface area (TPSA) is 117 Å². The smallest absolute Gasteiger partial charge is 0.219 e. The lowest BCUT2D eigenvalue weighted by Gasteiger charge is -2.23. The van der Waals surface area contributed by atoms with Crippen molar-refractivity contribution in [3.63, 3.8) is 0 Å². The van der Waals surface area contributed by atoms with Crippen molar-refractivity contribution >= 4 is 56.6 Å². The molecule has 0 aliphatic rings. The number of anilines is 1. The number of fused-ring (bicyclic) bond motifs is 2. The van der Waals surface area contributed by atoms with Crippen molar-refractivity contribution in [2.24, 2.45) is 5.73 Å². The van der Waals surface area contributed by atoms with Crippen molar-refractivity contribution in [2.75, 3.05) is 31.2 Å². The lowest BCUT2D eigenvalue weighted by Crippen LogP contribution is -2.29. The van der Waals surface area contributed by atoms with E-state index in [1.54, 1.807) is 12.1 Å². The Balaban J connectivity index is 1.40. The number of amides is 1. The number of halogens is 2. The molecular weight excluding hydrogens is 645 g/mol. The molecule has 0 bridgehead atoms. The van der Waals surface area contributed by atoms with E-state index in [1.165, 1.54) is 16.3 Å². The van der Waals surface area contributed by atoms with Crippen LogP contribution in [0, 0.1) is 0 Å². The minimum absolute atomic E-state index is 0.00996. The molecule has 10 heteroatoms. The van der Waals surface area contributed by atoms with E-state index in [2.05, 4.69) is 52.3 Å². The number of benzene rings is 5. The van der Waals surface area contributed by atoms with Gasteiger partial charge in [-0.15, -0.1) is 0 Å².